The number of rotatable bonds is 8. The number of aryl methyl sites for hydroxylation is 1. The van der Waals surface area contributed by atoms with Crippen molar-refractivity contribution in [3.8, 4) is 11.5 Å². The van der Waals surface area contributed by atoms with Crippen molar-refractivity contribution < 1.29 is 14.3 Å². The maximum Gasteiger partial charge on any atom is 0.230 e. The van der Waals surface area contributed by atoms with Crippen LogP contribution in [0, 0.1) is 6.92 Å². The Hall–Kier alpha value is -2.22. The van der Waals surface area contributed by atoms with E-state index in [2.05, 4.69) is 10.3 Å². The van der Waals surface area contributed by atoms with E-state index in [1.807, 2.05) is 42.6 Å². The molecule has 1 aromatic heterocycles. The summed E-state index contributed by atoms with van der Waals surface area (Å²) in [4.78, 5) is 16.8. The SMILES string of the molecule is COc1cc(CSc2nc(CC(=O)Nc3ccc(C)c(Cl)c3)cs2)cc(OC)c1. The largest absolute Gasteiger partial charge is 0.497 e. The van der Waals surface area contributed by atoms with E-state index in [1.54, 1.807) is 32.0 Å². The number of carbonyl (C=O) groups excluding carboxylic acids is 1. The monoisotopic (exact) mass is 448 g/mol. The number of nitrogens with one attached hydrogen (secondary N) is 1. The summed E-state index contributed by atoms with van der Waals surface area (Å²) in [7, 11) is 3.27. The highest BCUT2D eigenvalue weighted by Gasteiger charge is 2.10. The van der Waals surface area contributed by atoms with Crippen molar-refractivity contribution in [1.29, 1.82) is 0 Å². The lowest BCUT2D eigenvalue weighted by molar-refractivity contribution is -0.115. The Morgan fingerprint density at radius 3 is 2.55 bits per heavy atom. The summed E-state index contributed by atoms with van der Waals surface area (Å²) in [6, 6.07) is 11.3. The standard InChI is InChI=1S/C21H21ClN2O3S2/c1-13-4-5-15(8-19(13)22)23-20(25)9-16-12-29-21(24-16)28-11-14-6-17(26-2)10-18(7-14)27-3/h4-8,10,12H,9,11H2,1-3H3,(H,23,25). The number of nitrogens with zero attached hydrogens (tertiary/aromatic N) is 1. The molecule has 2 aromatic carbocycles. The molecule has 0 bridgehead atoms. The van der Waals surface area contributed by atoms with Gasteiger partial charge in [0, 0.05) is 27.9 Å². The second kappa shape index (κ2) is 10.0. The lowest BCUT2D eigenvalue weighted by Gasteiger charge is -2.07. The number of thioether (sulfide) groups is 1. The molecule has 0 spiro atoms. The van der Waals surface area contributed by atoms with E-state index in [-0.39, 0.29) is 12.3 Å². The van der Waals surface area contributed by atoms with Crippen LogP contribution in [0.25, 0.3) is 0 Å². The Bertz CT molecular complexity index is 985. The number of ether oxygens (including phenoxy) is 2. The number of methoxy groups -OCH3 is 2. The Kier molecular flexibility index (Phi) is 7.41. The fourth-order valence-corrected chi connectivity index (χ4v) is 4.53. The third-order valence-corrected chi connectivity index (χ3v) is 6.65. The lowest BCUT2D eigenvalue weighted by Crippen LogP contribution is -2.14. The molecular formula is C21H21ClN2O3S2. The van der Waals surface area contributed by atoms with Crippen molar-refractivity contribution >= 4 is 46.3 Å². The summed E-state index contributed by atoms with van der Waals surface area (Å²) >= 11 is 9.25. The Labute approximate surface area is 183 Å². The fraction of sp³-hybridized carbons (Fsp3) is 0.238. The van der Waals surface area contributed by atoms with Crippen molar-refractivity contribution in [2.75, 3.05) is 19.5 Å². The smallest absolute Gasteiger partial charge is 0.230 e. The lowest BCUT2D eigenvalue weighted by atomic mass is 10.2. The van der Waals surface area contributed by atoms with Crippen LogP contribution >= 0.6 is 34.7 Å². The zero-order chi connectivity index (χ0) is 20.8. The van der Waals surface area contributed by atoms with Gasteiger partial charge in [-0.05, 0) is 42.3 Å². The van der Waals surface area contributed by atoms with Crippen LogP contribution in [0.3, 0.4) is 0 Å². The molecule has 0 unspecified atom stereocenters. The molecule has 0 saturated heterocycles. The average molecular weight is 449 g/mol. The molecule has 0 saturated carbocycles. The van der Waals surface area contributed by atoms with Crippen LogP contribution in [0.2, 0.25) is 5.02 Å². The first-order valence-electron chi connectivity index (χ1n) is 8.82. The van der Waals surface area contributed by atoms with Crippen molar-refractivity contribution in [2.24, 2.45) is 0 Å². The maximum atomic E-state index is 12.3. The first kappa shape index (κ1) is 21.5. The van der Waals surface area contributed by atoms with Crippen molar-refractivity contribution in [3.05, 3.63) is 63.6 Å². The first-order valence-corrected chi connectivity index (χ1v) is 11.1. The molecule has 0 fully saturated rings. The molecule has 0 aliphatic carbocycles. The molecular weight excluding hydrogens is 428 g/mol. The molecule has 0 atom stereocenters. The van der Waals surface area contributed by atoms with Crippen LogP contribution in [0.5, 0.6) is 11.5 Å². The Balaban J connectivity index is 1.56. The van der Waals surface area contributed by atoms with Crippen LogP contribution in [0.15, 0.2) is 46.1 Å². The predicted molar refractivity (Wildman–Crippen MR) is 120 cm³/mol. The number of amides is 1. The molecule has 3 rings (SSSR count). The van der Waals surface area contributed by atoms with E-state index in [9.17, 15) is 4.79 Å². The molecule has 3 aromatic rings. The van der Waals surface area contributed by atoms with E-state index in [1.165, 1.54) is 11.3 Å². The molecule has 1 N–H and O–H groups in total. The minimum absolute atomic E-state index is 0.121. The number of anilines is 1. The number of halogens is 1. The van der Waals surface area contributed by atoms with Gasteiger partial charge in [-0.25, -0.2) is 4.98 Å². The van der Waals surface area contributed by atoms with Gasteiger partial charge in [0.05, 0.1) is 26.3 Å². The summed E-state index contributed by atoms with van der Waals surface area (Å²) in [6.07, 6.45) is 0.218. The van der Waals surface area contributed by atoms with Crippen molar-refractivity contribution in [2.45, 2.75) is 23.4 Å². The maximum absolute atomic E-state index is 12.3. The minimum atomic E-state index is -0.121. The molecule has 8 heteroatoms. The van der Waals surface area contributed by atoms with Gasteiger partial charge in [-0.2, -0.15) is 0 Å². The van der Waals surface area contributed by atoms with E-state index in [0.717, 1.165) is 38.4 Å². The molecule has 0 aliphatic rings. The van der Waals surface area contributed by atoms with Crippen LogP contribution < -0.4 is 14.8 Å². The van der Waals surface area contributed by atoms with Crippen LogP contribution in [0.1, 0.15) is 16.8 Å². The van der Waals surface area contributed by atoms with Crippen LogP contribution in [-0.2, 0) is 17.0 Å². The second-order valence-electron chi connectivity index (χ2n) is 6.30. The number of thiazole rings is 1. The molecule has 0 radical (unpaired) electrons. The van der Waals surface area contributed by atoms with E-state index >= 15 is 0 Å². The summed E-state index contributed by atoms with van der Waals surface area (Å²) in [5.41, 5.74) is 3.48. The fourth-order valence-electron chi connectivity index (χ4n) is 2.57. The quantitative estimate of drug-likeness (QED) is 0.455. The summed E-state index contributed by atoms with van der Waals surface area (Å²) < 4.78 is 11.5. The number of carbonyl (C=O) groups is 1. The van der Waals surface area contributed by atoms with Crippen LogP contribution in [-0.4, -0.2) is 25.1 Å². The summed E-state index contributed by atoms with van der Waals surface area (Å²) in [5.74, 6) is 2.12. The van der Waals surface area contributed by atoms with E-state index in [0.29, 0.717) is 10.7 Å². The Morgan fingerprint density at radius 2 is 1.90 bits per heavy atom. The topological polar surface area (TPSA) is 60.5 Å². The summed E-state index contributed by atoms with van der Waals surface area (Å²) in [6.45, 7) is 1.92. The highest BCUT2D eigenvalue weighted by atomic mass is 35.5. The normalized spacial score (nSPS) is 10.6. The number of benzene rings is 2. The average Bonchev–Trinajstić information content (AvgIpc) is 3.16. The molecule has 152 valence electrons. The highest BCUT2D eigenvalue weighted by Crippen LogP contribution is 2.30. The van der Waals surface area contributed by atoms with E-state index < -0.39 is 0 Å². The van der Waals surface area contributed by atoms with Gasteiger partial charge in [0.1, 0.15) is 15.8 Å². The molecule has 5 nitrogen and oxygen atoms in total. The third-order valence-electron chi connectivity index (χ3n) is 4.10. The highest BCUT2D eigenvalue weighted by molar-refractivity contribution is 8.00. The van der Waals surface area contributed by atoms with Gasteiger partial charge in [-0.15, -0.1) is 11.3 Å². The van der Waals surface area contributed by atoms with Gasteiger partial charge in [0.15, 0.2) is 0 Å². The van der Waals surface area contributed by atoms with Gasteiger partial charge < -0.3 is 14.8 Å². The van der Waals surface area contributed by atoms with Gasteiger partial charge in [-0.1, -0.05) is 29.4 Å². The molecule has 29 heavy (non-hydrogen) atoms. The number of hydrogen-bond donors (Lipinski definition) is 1. The van der Waals surface area contributed by atoms with Gasteiger partial charge in [0.25, 0.3) is 0 Å². The molecule has 1 heterocycles. The van der Waals surface area contributed by atoms with Gasteiger partial charge in [0.2, 0.25) is 5.91 Å². The molecule has 1 amide bonds. The van der Waals surface area contributed by atoms with Crippen molar-refractivity contribution in [3.63, 3.8) is 0 Å². The third kappa shape index (κ3) is 6.13. The predicted octanol–water partition coefficient (Wildman–Crippen LogP) is 5.60. The van der Waals surface area contributed by atoms with Crippen molar-refractivity contribution in [1.82, 2.24) is 4.98 Å². The number of aromatic nitrogens is 1. The number of hydrogen-bond acceptors (Lipinski definition) is 6. The minimum Gasteiger partial charge on any atom is -0.497 e. The Morgan fingerprint density at radius 1 is 1.17 bits per heavy atom. The van der Waals surface area contributed by atoms with Crippen LogP contribution in [0.4, 0.5) is 5.69 Å². The van der Waals surface area contributed by atoms with E-state index in [4.69, 9.17) is 21.1 Å². The van der Waals surface area contributed by atoms with Gasteiger partial charge >= 0.3 is 0 Å². The zero-order valence-corrected chi connectivity index (χ0v) is 18.7. The summed E-state index contributed by atoms with van der Waals surface area (Å²) in [5, 5.41) is 5.40. The van der Waals surface area contributed by atoms with Gasteiger partial charge in [-0.3, -0.25) is 4.79 Å². The first-order chi connectivity index (χ1) is 14.0. The second-order valence-corrected chi connectivity index (χ2v) is 8.79. The zero-order valence-electron chi connectivity index (χ0n) is 16.3. The molecule has 0 aliphatic heterocycles.